The fraction of sp³-hybridized carbons (Fsp3) is 0.600. The number of halogens is 1. The number of hydrogen-bond acceptors (Lipinski definition) is 2. The molecule has 50 valence electrons. The van der Waals surface area contributed by atoms with E-state index in [-0.39, 0.29) is 15.7 Å². The normalized spacial score (nSPS) is 25.9. The molecule has 1 rings (SSSR count). The molecule has 1 saturated heterocycles. The third-order valence-electron chi connectivity index (χ3n) is 1.27. The molecule has 1 aliphatic heterocycles. The Morgan fingerprint density at radius 3 is 2.67 bits per heavy atom. The minimum absolute atomic E-state index is 0.00924. The first kappa shape index (κ1) is 6.98. The molecule has 0 radical (unpaired) electrons. The molecule has 1 atom stereocenters. The molecule has 1 heterocycles. The Balaban J connectivity index is 2.48. The van der Waals surface area contributed by atoms with Gasteiger partial charge in [0.25, 0.3) is 0 Å². The van der Waals surface area contributed by atoms with Gasteiger partial charge >= 0.3 is 0 Å². The lowest BCUT2D eigenvalue weighted by Gasteiger charge is -2.00. The van der Waals surface area contributed by atoms with Gasteiger partial charge in [0, 0.05) is 29.0 Å². The van der Waals surface area contributed by atoms with Crippen molar-refractivity contribution in [2.45, 2.75) is 18.9 Å². The Hall–Kier alpha value is -0.130. The molecule has 9 heavy (non-hydrogen) atoms. The molecule has 0 spiro atoms. The van der Waals surface area contributed by atoms with Gasteiger partial charge in [-0.1, -0.05) is 0 Å². The van der Waals surface area contributed by atoms with Gasteiger partial charge in [0.2, 0.25) is 9.70 Å². The third kappa shape index (κ3) is 1.64. The first-order valence-electron chi connectivity index (χ1n) is 2.69. The topological polar surface area (TPSA) is 46.2 Å². The number of nitrogens with one attached hydrogen (secondary N) is 1. The van der Waals surface area contributed by atoms with E-state index in [2.05, 4.69) is 5.32 Å². The molecular weight excluding hydrogens is 233 g/mol. The first-order chi connectivity index (χ1) is 4.20. The van der Waals surface area contributed by atoms with E-state index in [1.54, 1.807) is 22.6 Å². The van der Waals surface area contributed by atoms with E-state index in [1.807, 2.05) is 0 Å². The average Bonchev–Trinajstić information content (AvgIpc) is 2.14. The lowest BCUT2D eigenvalue weighted by molar-refractivity contribution is -0.120. The lowest BCUT2D eigenvalue weighted by Crippen LogP contribution is -2.29. The van der Waals surface area contributed by atoms with Crippen LogP contribution in [0.4, 0.5) is 0 Å². The van der Waals surface area contributed by atoms with Crippen molar-refractivity contribution in [3.63, 3.8) is 0 Å². The summed E-state index contributed by atoms with van der Waals surface area (Å²) in [6.07, 6.45) is 1.17. The molecule has 0 aromatic carbocycles. The van der Waals surface area contributed by atoms with Crippen LogP contribution in [0.15, 0.2) is 0 Å². The summed E-state index contributed by atoms with van der Waals surface area (Å²) in [6.45, 7) is 0. The number of carbonyl (C=O) groups is 2. The zero-order valence-corrected chi connectivity index (χ0v) is 6.84. The quantitative estimate of drug-likeness (QED) is 0.525. The van der Waals surface area contributed by atoms with Gasteiger partial charge in [0.1, 0.15) is 0 Å². The Bertz CT molecular complexity index is 157. The third-order valence-corrected chi connectivity index (χ3v) is 2.02. The molecule has 0 aromatic rings. The summed E-state index contributed by atoms with van der Waals surface area (Å²) in [5, 5.41) is 2.56. The Kier molecular flexibility index (Phi) is 2.05. The summed E-state index contributed by atoms with van der Waals surface area (Å²) in [4.78, 5) is 21.1. The van der Waals surface area contributed by atoms with Crippen LogP contribution < -0.4 is 5.32 Å². The Morgan fingerprint density at radius 2 is 2.44 bits per heavy atom. The second-order valence-corrected chi connectivity index (χ2v) is 3.03. The SMILES string of the molecule is O=C1CC[C@H](C(=O)I)N1. The highest BCUT2D eigenvalue weighted by molar-refractivity contribution is 14.1. The van der Waals surface area contributed by atoms with E-state index in [0.717, 1.165) is 0 Å². The molecule has 1 N–H and O–H groups in total. The summed E-state index contributed by atoms with van der Waals surface area (Å²) in [5.41, 5.74) is 0. The molecule has 4 heteroatoms. The van der Waals surface area contributed by atoms with E-state index in [0.29, 0.717) is 12.8 Å². The average molecular weight is 239 g/mol. The Labute approximate surface area is 66.3 Å². The van der Waals surface area contributed by atoms with Gasteiger partial charge in [0.15, 0.2) is 0 Å². The van der Waals surface area contributed by atoms with Crippen molar-refractivity contribution in [2.75, 3.05) is 0 Å². The van der Waals surface area contributed by atoms with Crippen LogP contribution in [0, 0.1) is 0 Å². The van der Waals surface area contributed by atoms with Gasteiger partial charge in [-0.25, -0.2) is 0 Å². The second-order valence-electron chi connectivity index (χ2n) is 1.96. The summed E-state index contributed by atoms with van der Waals surface area (Å²) in [6, 6.07) is -0.210. The fourth-order valence-electron chi connectivity index (χ4n) is 0.784. The standard InChI is InChI=1S/C5H6INO2/c6-5(9)3-1-2-4(8)7-3/h3H,1-2H2,(H,7,8)/t3-/m1/s1. The number of carbonyl (C=O) groups excluding carboxylic acids is 2. The van der Waals surface area contributed by atoms with Crippen molar-refractivity contribution in [2.24, 2.45) is 0 Å². The molecule has 0 saturated carbocycles. The fourth-order valence-corrected chi connectivity index (χ4v) is 1.25. The molecule has 1 fully saturated rings. The van der Waals surface area contributed by atoms with Crippen molar-refractivity contribution in [3.05, 3.63) is 0 Å². The van der Waals surface area contributed by atoms with Crippen molar-refractivity contribution in [3.8, 4) is 0 Å². The molecule has 0 bridgehead atoms. The van der Waals surface area contributed by atoms with E-state index in [4.69, 9.17) is 0 Å². The summed E-state index contributed by atoms with van der Waals surface area (Å²) >= 11 is 1.70. The van der Waals surface area contributed by atoms with Crippen LogP contribution in [-0.4, -0.2) is 15.7 Å². The molecule has 0 aromatic heterocycles. The molecule has 0 aliphatic carbocycles. The van der Waals surface area contributed by atoms with Gasteiger partial charge < -0.3 is 5.32 Å². The maximum atomic E-state index is 10.6. The zero-order valence-electron chi connectivity index (χ0n) is 4.69. The van der Waals surface area contributed by atoms with Gasteiger partial charge in [-0.05, 0) is 6.42 Å². The monoisotopic (exact) mass is 239 g/mol. The van der Waals surface area contributed by atoms with Crippen molar-refractivity contribution in [1.29, 1.82) is 0 Å². The predicted octanol–water partition coefficient (Wildman–Crippen LogP) is 0.227. The molecule has 0 unspecified atom stereocenters. The van der Waals surface area contributed by atoms with Crippen molar-refractivity contribution >= 4 is 32.3 Å². The largest absolute Gasteiger partial charge is 0.345 e. The Morgan fingerprint density at radius 1 is 1.78 bits per heavy atom. The number of rotatable bonds is 1. The van der Waals surface area contributed by atoms with E-state index < -0.39 is 0 Å². The highest BCUT2D eigenvalue weighted by Crippen LogP contribution is 2.09. The van der Waals surface area contributed by atoms with Gasteiger partial charge in [0.05, 0.1) is 6.04 Å². The highest BCUT2D eigenvalue weighted by Gasteiger charge is 2.24. The van der Waals surface area contributed by atoms with E-state index in [9.17, 15) is 9.59 Å². The smallest absolute Gasteiger partial charge is 0.220 e. The van der Waals surface area contributed by atoms with Crippen LogP contribution in [0.5, 0.6) is 0 Å². The van der Waals surface area contributed by atoms with Crippen LogP contribution in [-0.2, 0) is 9.59 Å². The minimum Gasteiger partial charge on any atom is -0.345 e. The number of amides is 1. The highest BCUT2D eigenvalue weighted by atomic mass is 127. The summed E-state index contributed by atoms with van der Waals surface area (Å²) < 4.78 is 0.0263. The lowest BCUT2D eigenvalue weighted by atomic mass is 10.2. The summed E-state index contributed by atoms with van der Waals surface area (Å²) in [5.74, 6) is -0.00924. The molecule has 1 aliphatic rings. The van der Waals surface area contributed by atoms with Gasteiger partial charge in [-0.2, -0.15) is 0 Å². The van der Waals surface area contributed by atoms with Gasteiger partial charge in [-0.15, -0.1) is 0 Å². The number of hydrogen-bond donors (Lipinski definition) is 1. The van der Waals surface area contributed by atoms with Crippen LogP contribution in [0.2, 0.25) is 0 Å². The zero-order chi connectivity index (χ0) is 6.85. The summed E-state index contributed by atoms with van der Waals surface area (Å²) in [7, 11) is 0. The molecule has 1 amide bonds. The maximum absolute atomic E-state index is 10.6. The second kappa shape index (κ2) is 2.64. The van der Waals surface area contributed by atoms with Crippen molar-refractivity contribution in [1.82, 2.24) is 5.32 Å². The van der Waals surface area contributed by atoms with Crippen LogP contribution in [0.25, 0.3) is 0 Å². The van der Waals surface area contributed by atoms with Crippen LogP contribution in [0.3, 0.4) is 0 Å². The minimum atomic E-state index is -0.210. The van der Waals surface area contributed by atoms with E-state index in [1.165, 1.54) is 0 Å². The van der Waals surface area contributed by atoms with Crippen LogP contribution >= 0.6 is 22.6 Å². The van der Waals surface area contributed by atoms with E-state index >= 15 is 0 Å². The van der Waals surface area contributed by atoms with Crippen molar-refractivity contribution < 1.29 is 9.59 Å². The predicted molar refractivity (Wildman–Crippen MR) is 40.2 cm³/mol. The maximum Gasteiger partial charge on any atom is 0.220 e. The molecular formula is C5H6INO2. The van der Waals surface area contributed by atoms with Gasteiger partial charge in [-0.3, -0.25) is 9.59 Å². The first-order valence-corrected chi connectivity index (χ1v) is 3.77. The van der Waals surface area contributed by atoms with Crippen LogP contribution in [0.1, 0.15) is 12.8 Å². The molecule has 3 nitrogen and oxygen atoms in total.